The summed E-state index contributed by atoms with van der Waals surface area (Å²) in [5.41, 5.74) is 9.65. The van der Waals surface area contributed by atoms with E-state index in [1.807, 2.05) is 12.1 Å². The Labute approximate surface area is 203 Å². The SMILES string of the molecule is CC(C)c1ccccc1-c1ccccc1[P+](CC(N)=O)(c1ccccc1)c1ccccc1.[Cl-]. The summed E-state index contributed by atoms with van der Waals surface area (Å²) in [4.78, 5) is 12.6. The van der Waals surface area contributed by atoms with Crippen molar-refractivity contribution in [3.05, 3.63) is 115 Å². The Hall–Kier alpha value is -2.93. The van der Waals surface area contributed by atoms with Crippen LogP contribution in [-0.4, -0.2) is 12.1 Å². The Balaban J connectivity index is 0.00000306. The van der Waals surface area contributed by atoms with Crippen LogP contribution in [0.1, 0.15) is 25.3 Å². The zero-order valence-electron chi connectivity index (χ0n) is 19.0. The molecule has 4 aromatic carbocycles. The normalized spacial score (nSPS) is 11.1. The Morgan fingerprint density at radius 2 is 1.15 bits per heavy atom. The van der Waals surface area contributed by atoms with E-state index < -0.39 is 7.26 Å². The Morgan fingerprint density at radius 1 is 0.697 bits per heavy atom. The van der Waals surface area contributed by atoms with Gasteiger partial charge in [-0.15, -0.1) is 0 Å². The van der Waals surface area contributed by atoms with Crippen LogP contribution in [0.4, 0.5) is 0 Å². The van der Waals surface area contributed by atoms with Gasteiger partial charge in [0.05, 0.1) is 0 Å². The number of halogens is 1. The van der Waals surface area contributed by atoms with Gasteiger partial charge >= 0.3 is 0 Å². The first-order valence-electron chi connectivity index (χ1n) is 11.0. The molecule has 0 spiro atoms. The van der Waals surface area contributed by atoms with E-state index in [2.05, 4.69) is 111 Å². The monoisotopic (exact) mass is 473 g/mol. The topological polar surface area (TPSA) is 43.1 Å². The molecule has 2 N–H and O–H groups in total. The number of hydrogen-bond acceptors (Lipinski definition) is 1. The summed E-state index contributed by atoms with van der Waals surface area (Å²) >= 11 is 0. The van der Waals surface area contributed by atoms with Crippen molar-refractivity contribution in [2.75, 3.05) is 6.16 Å². The Morgan fingerprint density at radius 3 is 1.67 bits per heavy atom. The molecule has 1 amide bonds. The molecule has 33 heavy (non-hydrogen) atoms. The van der Waals surface area contributed by atoms with Crippen molar-refractivity contribution in [1.82, 2.24) is 0 Å². The van der Waals surface area contributed by atoms with Crippen molar-refractivity contribution in [1.29, 1.82) is 0 Å². The van der Waals surface area contributed by atoms with Crippen molar-refractivity contribution >= 4 is 29.1 Å². The van der Waals surface area contributed by atoms with Crippen LogP contribution in [-0.2, 0) is 4.79 Å². The molecule has 0 aliphatic heterocycles. The second kappa shape index (κ2) is 10.8. The minimum Gasteiger partial charge on any atom is -1.00 e. The smallest absolute Gasteiger partial charge is 0.256 e. The number of carbonyl (C=O) groups excluding carboxylic acids is 1. The standard InChI is InChI=1S/C29H28NOP.ClH/c1-22(2)25-17-9-10-18-26(25)27-19-11-12-20-28(27)32(21-29(30)31,23-13-5-3-6-14-23)24-15-7-4-8-16-24;/h3-20,22H,21H2,1-2H3,(H-,30,31);1H. The van der Waals surface area contributed by atoms with Crippen LogP contribution in [0.2, 0.25) is 0 Å². The summed E-state index contributed by atoms with van der Waals surface area (Å²) in [5.74, 6) is 0.106. The molecule has 0 aliphatic rings. The maximum Gasteiger partial charge on any atom is 0.256 e. The molecular weight excluding hydrogens is 445 g/mol. The number of nitrogens with two attached hydrogens (primary N) is 1. The lowest BCUT2D eigenvalue weighted by Crippen LogP contribution is -3.00. The summed E-state index contributed by atoms with van der Waals surface area (Å²) in [6, 6.07) is 38.0. The molecule has 2 nitrogen and oxygen atoms in total. The number of primary amides is 1. The lowest BCUT2D eigenvalue weighted by atomic mass is 9.93. The van der Waals surface area contributed by atoms with E-state index in [1.54, 1.807) is 0 Å². The fraction of sp³-hybridized carbons (Fsp3) is 0.138. The van der Waals surface area contributed by atoms with Gasteiger partial charge in [-0.25, -0.2) is 0 Å². The zero-order chi connectivity index (χ0) is 22.6. The molecule has 0 aliphatic carbocycles. The second-order valence-electron chi connectivity index (χ2n) is 8.36. The molecule has 4 heteroatoms. The van der Waals surface area contributed by atoms with Crippen molar-refractivity contribution in [2.45, 2.75) is 19.8 Å². The van der Waals surface area contributed by atoms with Gasteiger partial charge < -0.3 is 18.1 Å². The summed E-state index contributed by atoms with van der Waals surface area (Å²) in [6.45, 7) is 4.45. The van der Waals surface area contributed by atoms with E-state index in [0.717, 1.165) is 0 Å². The van der Waals surface area contributed by atoms with Gasteiger partial charge in [0, 0.05) is 5.56 Å². The molecule has 4 rings (SSSR count). The van der Waals surface area contributed by atoms with Crippen LogP contribution in [0, 0.1) is 0 Å². The number of hydrogen-bond donors (Lipinski definition) is 1. The molecule has 0 heterocycles. The highest BCUT2D eigenvalue weighted by Crippen LogP contribution is 2.57. The highest BCUT2D eigenvalue weighted by molar-refractivity contribution is 7.96. The lowest BCUT2D eigenvalue weighted by molar-refractivity contribution is -0.115. The fourth-order valence-corrected chi connectivity index (χ4v) is 8.74. The molecule has 0 radical (unpaired) electrons. The summed E-state index contributed by atoms with van der Waals surface area (Å²) < 4.78 is 0. The van der Waals surface area contributed by atoms with Crippen molar-refractivity contribution in [3.63, 3.8) is 0 Å². The van der Waals surface area contributed by atoms with Gasteiger partial charge in [-0.1, -0.05) is 92.7 Å². The molecular formula is C29H29ClNOP. The molecule has 0 saturated carbocycles. The minimum absolute atomic E-state index is 0. The van der Waals surface area contributed by atoms with Crippen LogP contribution in [0.3, 0.4) is 0 Å². The first-order chi connectivity index (χ1) is 15.5. The third-order valence-corrected chi connectivity index (χ3v) is 10.3. The van der Waals surface area contributed by atoms with Gasteiger partial charge in [0.1, 0.15) is 23.2 Å². The van der Waals surface area contributed by atoms with Gasteiger partial charge in [0.2, 0.25) is 0 Å². The van der Waals surface area contributed by atoms with Crippen LogP contribution < -0.4 is 34.1 Å². The maximum atomic E-state index is 12.6. The molecule has 0 unspecified atom stereocenters. The van der Waals surface area contributed by atoms with E-state index in [-0.39, 0.29) is 18.3 Å². The van der Waals surface area contributed by atoms with Crippen LogP contribution >= 0.6 is 7.26 Å². The first kappa shape index (κ1) is 24.7. The van der Waals surface area contributed by atoms with Crippen LogP contribution in [0.15, 0.2) is 109 Å². The maximum absolute atomic E-state index is 12.6. The first-order valence-corrected chi connectivity index (χ1v) is 13.0. The van der Waals surface area contributed by atoms with Crippen molar-refractivity contribution in [2.24, 2.45) is 5.73 Å². The van der Waals surface area contributed by atoms with Gasteiger partial charge in [-0.2, -0.15) is 0 Å². The van der Waals surface area contributed by atoms with E-state index in [9.17, 15) is 4.79 Å². The summed E-state index contributed by atoms with van der Waals surface area (Å²) in [7, 11) is -2.34. The zero-order valence-corrected chi connectivity index (χ0v) is 20.6. The third-order valence-electron chi connectivity index (χ3n) is 5.98. The molecule has 0 atom stereocenters. The van der Waals surface area contributed by atoms with Crippen LogP contribution in [0.5, 0.6) is 0 Å². The van der Waals surface area contributed by atoms with E-state index in [4.69, 9.17) is 5.73 Å². The average Bonchev–Trinajstić information content (AvgIpc) is 2.83. The average molecular weight is 474 g/mol. The van der Waals surface area contributed by atoms with E-state index >= 15 is 0 Å². The molecule has 0 saturated heterocycles. The predicted molar refractivity (Wildman–Crippen MR) is 139 cm³/mol. The highest BCUT2D eigenvalue weighted by Gasteiger charge is 2.48. The van der Waals surface area contributed by atoms with Gasteiger partial charge in [0.15, 0.2) is 6.16 Å². The fourth-order valence-electron chi connectivity index (χ4n) is 4.57. The molecule has 0 bridgehead atoms. The largest absolute Gasteiger partial charge is 1.00 e. The summed E-state index contributed by atoms with van der Waals surface area (Å²) in [5, 5.41) is 3.53. The van der Waals surface area contributed by atoms with Crippen molar-refractivity contribution < 1.29 is 17.2 Å². The lowest BCUT2D eigenvalue weighted by Gasteiger charge is -2.29. The highest BCUT2D eigenvalue weighted by atomic mass is 35.5. The van der Waals surface area contributed by atoms with E-state index in [1.165, 1.54) is 32.6 Å². The van der Waals surface area contributed by atoms with Gasteiger partial charge in [0.25, 0.3) is 5.91 Å². The Kier molecular flexibility index (Phi) is 8.08. The Bertz CT molecular complexity index is 1170. The minimum atomic E-state index is -2.34. The number of benzene rings is 4. The van der Waals surface area contributed by atoms with Crippen LogP contribution in [0.25, 0.3) is 11.1 Å². The molecule has 0 fully saturated rings. The van der Waals surface area contributed by atoms with Gasteiger partial charge in [-0.3, -0.25) is 4.79 Å². The van der Waals surface area contributed by atoms with E-state index in [0.29, 0.717) is 12.1 Å². The third kappa shape index (κ3) is 4.88. The van der Waals surface area contributed by atoms with Gasteiger partial charge in [-0.05, 0) is 47.4 Å². The number of amides is 1. The quantitative estimate of drug-likeness (QED) is 0.411. The predicted octanol–water partition coefficient (Wildman–Crippen LogP) is 2.26. The molecule has 4 aromatic rings. The molecule has 168 valence electrons. The number of rotatable bonds is 7. The molecule has 0 aromatic heterocycles. The second-order valence-corrected chi connectivity index (χ2v) is 11.8. The summed E-state index contributed by atoms with van der Waals surface area (Å²) in [6.07, 6.45) is 0.294. The number of carbonyl (C=O) groups is 1. The van der Waals surface area contributed by atoms with Crippen molar-refractivity contribution in [3.8, 4) is 11.1 Å².